The van der Waals surface area contributed by atoms with Gasteiger partial charge in [0, 0.05) is 12.1 Å². The second kappa shape index (κ2) is 9.03. The van der Waals surface area contributed by atoms with Gasteiger partial charge in [-0.15, -0.1) is 0 Å². The first-order valence-corrected chi connectivity index (χ1v) is 8.01. The van der Waals surface area contributed by atoms with Crippen LogP contribution in [0, 0.1) is 0 Å². The Kier molecular flexibility index (Phi) is 7.57. The monoisotopic (exact) mass is 268 g/mol. The molecule has 4 nitrogen and oxygen atoms in total. The SMILES string of the molecule is CCc1c(N)ncnc1NCCCCCCSC. The molecule has 0 unspecified atom stereocenters. The highest BCUT2D eigenvalue weighted by atomic mass is 32.2. The van der Waals surface area contributed by atoms with E-state index >= 15 is 0 Å². The molecule has 18 heavy (non-hydrogen) atoms. The van der Waals surface area contributed by atoms with Gasteiger partial charge in [-0.1, -0.05) is 19.8 Å². The number of hydrogen-bond acceptors (Lipinski definition) is 5. The lowest BCUT2D eigenvalue weighted by atomic mass is 10.2. The molecule has 0 saturated heterocycles. The fourth-order valence-corrected chi connectivity index (χ4v) is 2.35. The summed E-state index contributed by atoms with van der Waals surface area (Å²) in [7, 11) is 0. The first-order chi connectivity index (χ1) is 8.79. The highest BCUT2D eigenvalue weighted by Gasteiger charge is 2.05. The van der Waals surface area contributed by atoms with Gasteiger partial charge in [0.2, 0.25) is 0 Å². The summed E-state index contributed by atoms with van der Waals surface area (Å²) in [5.41, 5.74) is 6.85. The van der Waals surface area contributed by atoms with Crippen LogP contribution in [0.25, 0.3) is 0 Å². The minimum atomic E-state index is 0.593. The number of hydrogen-bond donors (Lipinski definition) is 2. The standard InChI is InChI=1S/C13H24N4S/c1-3-11-12(14)16-10-17-13(11)15-8-6-4-5-7-9-18-2/h10H,3-9H2,1-2H3,(H3,14,15,16,17). The number of nitrogens with two attached hydrogens (primary N) is 1. The van der Waals surface area contributed by atoms with Crippen LogP contribution >= 0.6 is 11.8 Å². The molecule has 3 N–H and O–H groups in total. The van der Waals surface area contributed by atoms with Crippen molar-refractivity contribution in [1.29, 1.82) is 0 Å². The zero-order valence-electron chi connectivity index (χ0n) is 11.4. The Morgan fingerprint density at radius 1 is 1.22 bits per heavy atom. The van der Waals surface area contributed by atoms with Gasteiger partial charge in [-0.2, -0.15) is 11.8 Å². The molecule has 0 radical (unpaired) electrons. The quantitative estimate of drug-likeness (QED) is 0.674. The van der Waals surface area contributed by atoms with Crippen molar-refractivity contribution in [3.8, 4) is 0 Å². The van der Waals surface area contributed by atoms with Gasteiger partial charge < -0.3 is 11.1 Å². The lowest BCUT2D eigenvalue weighted by Gasteiger charge is -2.10. The van der Waals surface area contributed by atoms with E-state index in [-0.39, 0.29) is 0 Å². The molecule has 0 fully saturated rings. The van der Waals surface area contributed by atoms with Crippen molar-refractivity contribution in [2.24, 2.45) is 0 Å². The maximum absolute atomic E-state index is 5.82. The molecule has 0 spiro atoms. The lowest BCUT2D eigenvalue weighted by Crippen LogP contribution is -2.09. The van der Waals surface area contributed by atoms with Crippen molar-refractivity contribution >= 4 is 23.4 Å². The van der Waals surface area contributed by atoms with Crippen LogP contribution in [0.15, 0.2) is 6.33 Å². The number of thioether (sulfide) groups is 1. The topological polar surface area (TPSA) is 63.8 Å². The smallest absolute Gasteiger partial charge is 0.134 e. The molecule has 0 saturated carbocycles. The van der Waals surface area contributed by atoms with Gasteiger partial charge in [0.25, 0.3) is 0 Å². The highest BCUT2D eigenvalue weighted by Crippen LogP contribution is 2.17. The minimum Gasteiger partial charge on any atom is -0.383 e. The van der Waals surface area contributed by atoms with E-state index in [2.05, 4.69) is 28.5 Å². The van der Waals surface area contributed by atoms with Gasteiger partial charge in [0.15, 0.2) is 0 Å². The van der Waals surface area contributed by atoms with E-state index in [0.29, 0.717) is 5.82 Å². The van der Waals surface area contributed by atoms with Gasteiger partial charge in [-0.25, -0.2) is 9.97 Å². The van der Waals surface area contributed by atoms with Crippen LogP contribution in [0.1, 0.15) is 38.2 Å². The Labute approximate surface area is 114 Å². The van der Waals surface area contributed by atoms with Crippen LogP contribution in [0.3, 0.4) is 0 Å². The molecule has 0 atom stereocenters. The molecule has 1 aromatic rings. The normalized spacial score (nSPS) is 10.6. The summed E-state index contributed by atoms with van der Waals surface area (Å²) in [5, 5.41) is 3.36. The average Bonchev–Trinajstić information content (AvgIpc) is 2.38. The summed E-state index contributed by atoms with van der Waals surface area (Å²) < 4.78 is 0. The Morgan fingerprint density at radius 3 is 2.72 bits per heavy atom. The molecular weight excluding hydrogens is 244 g/mol. The maximum atomic E-state index is 5.82. The van der Waals surface area contributed by atoms with Crippen LogP contribution < -0.4 is 11.1 Å². The maximum Gasteiger partial charge on any atom is 0.134 e. The van der Waals surface area contributed by atoms with Gasteiger partial charge in [0.05, 0.1) is 0 Å². The second-order valence-corrected chi connectivity index (χ2v) is 5.26. The molecular formula is C13H24N4S. The number of rotatable bonds is 9. The zero-order valence-corrected chi connectivity index (χ0v) is 12.2. The van der Waals surface area contributed by atoms with E-state index in [0.717, 1.165) is 24.3 Å². The van der Waals surface area contributed by atoms with Crippen molar-refractivity contribution in [1.82, 2.24) is 9.97 Å². The summed E-state index contributed by atoms with van der Waals surface area (Å²) in [6, 6.07) is 0. The Hall–Kier alpha value is -0.970. The molecule has 0 aliphatic heterocycles. The number of unbranched alkanes of at least 4 members (excludes halogenated alkanes) is 3. The number of anilines is 2. The summed E-state index contributed by atoms with van der Waals surface area (Å²) >= 11 is 1.92. The summed E-state index contributed by atoms with van der Waals surface area (Å²) in [5.74, 6) is 2.76. The number of nitrogens with one attached hydrogen (secondary N) is 1. The van der Waals surface area contributed by atoms with Gasteiger partial charge in [-0.05, 0) is 31.3 Å². The van der Waals surface area contributed by atoms with Crippen molar-refractivity contribution in [3.63, 3.8) is 0 Å². The predicted octanol–water partition coefficient (Wildman–Crippen LogP) is 2.96. The summed E-state index contributed by atoms with van der Waals surface area (Å²) in [6.45, 7) is 3.03. The fraction of sp³-hybridized carbons (Fsp3) is 0.692. The number of nitrogens with zero attached hydrogens (tertiary/aromatic N) is 2. The van der Waals surface area contributed by atoms with Gasteiger partial charge in [0.1, 0.15) is 18.0 Å². The van der Waals surface area contributed by atoms with Crippen molar-refractivity contribution in [2.45, 2.75) is 39.0 Å². The molecule has 102 valence electrons. The molecule has 1 aromatic heterocycles. The van der Waals surface area contributed by atoms with E-state index in [1.807, 2.05) is 11.8 Å². The molecule has 0 aliphatic carbocycles. The zero-order chi connectivity index (χ0) is 13.2. The molecule has 0 amide bonds. The van der Waals surface area contributed by atoms with Crippen molar-refractivity contribution in [3.05, 3.63) is 11.9 Å². The number of aromatic nitrogens is 2. The molecule has 5 heteroatoms. The third-order valence-electron chi connectivity index (χ3n) is 2.90. The largest absolute Gasteiger partial charge is 0.383 e. The van der Waals surface area contributed by atoms with Crippen LogP contribution in [-0.4, -0.2) is 28.5 Å². The predicted molar refractivity (Wildman–Crippen MR) is 81.2 cm³/mol. The van der Waals surface area contributed by atoms with E-state index in [1.54, 1.807) is 0 Å². The second-order valence-electron chi connectivity index (χ2n) is 4.27. The van der Waals surface area contributed by atoms with Crippen LogP contribution in [0.2, 0.25) is 0 Å². The Bertz CT molecular complexity index is 344. The number of nitrogen functional groups attached to an aromatic ring is 1. The van der Waals surface area contributed by atoms with E-state index < -0.39 is 0 Å². The Balaban J connectivity index is 2.25. The first kappa shape index (κ1) is 15.1. The van der Waals surface area contributed by atoms with Crippen LogP contribution in [0.4, 0.5) is 11.6 Å². The van der Waals surface area contributed by atoms with Crippen LogP contribution in [0.5, 0.6) is 0 Å². The molecule has 1 heterocycles. The minimum absolute atomic E-state index is 0.593. The van der Waals surface area contributed by atoms with Gasteiger partial charge in [-0.3, -0.25) is 0 Å². The third-order valence-corrected chi connectivity index (χ3v) is 3.60. The average molecular weight is 268 g/mol. The van der Waals surface area contributed by atoms with Gasteiger partial charge >= 0.3 is 0 Å². The molecule has 0 bridgehead atoms. The molecule has 1 rings (SSSR count). The van der Waals surface area contributed by atoms with E-state index in [4.69, 9.17) is 5.73 Å². The molecule has 0 aliphatic rings. The third kappa shape index (κ3) is 5.12. The lowest BCUT2D eigenvalue weighted by molar-refractivity contribution is 0.688. The summed E-state index contributed by atoms with van der Waals surface area (Å²) in [6.07, 6.45) is 9.64. The van der Waals surface area contributed by atoms with Crippen molar-refractivity contribution in [2.75, 3.05) is 29.6 Å². The van der Waals surface area contributed by atoms with Crippen LogP contribution in [-0.2, 0) is 6.42 Å². The molecule has 0 aromatic carbocycles. The fourth-order valence-electron chi connectivity index (χ4n) is 1.86. The van der Waals surface area contributed by atoms with E-state index in [9.17, 15) is 0 Å². The van der Waals surface area contributed by atoms with Crippen molar-refractivity contribution < 1.29 is 0 Å². The highest BCUT2D eigenvalue weighted by molar-refractivity contribution is 7.98. The van der Waals surface area contributed by atoms with E-state index in [1.165, 1.54) is 37.8 Å². The summed E-state index contributed by atoms with van der Waals surface area (Å²) in [4.78, 5) is 8.27. The first-order valence-electron chi connectivity index (χ1n) is 6.61. The Morgan fingerprint density at radius 2 is 2.00 bits per heavy atom.